The van der Waals surface area contributed by atoms with Crippen molar-refractivity contribution in [1.29, 1.82) is 0 Å². The molecule has 4 aromatic heterocycles. The van der Waals surface area contributed by atoms with Crippen LogP contribution in [0.15, 0.2) is 141 Å². The van der Waals surface area contributed by atoms with Crippen LogP contribution >= 0.6 is 22.7 Å². The van der Waals surface area contributed by atoms with Crippen LogP contribution in [0.5, 0.6) is 0 Å². The summed E-state index contributed by atoms with van der Waals surface area (Å²) in [4.78, 5) is 12.4. The Hall–Kier alpha value is -5.02. The van der Waals surface area contributed by atoms with Crippen molar-refractivity contribution in [3.63, 3.8) is 0 Å². The fourth-order valence-corrected chi connectivity index (χ4v) is 18.4. The molecule has 424 valence electrons. The number of thiophene rings is 2. The first kappa shape index (κ1) is 60.6. The number of sulfonamides is 4. The first-order valence-corrected chi connectivity index (χ1v) is 33.5. The molecule has 0 spiro atoms. The van der Waals surface area contributed by atoms with Gasteiger partial charge in [0.2, 0.25) is 20.0 Å². The smallest absolute Gasteiger partial charge is 0.252 e. The molecule has 0 radical (unpaired) electrons. The predicted octanol–water partition coefficient (Wildman–Crippen LogP) is 7.48. The van der Waals surface area contributed by atoms with Crippen molar-refractivity contribution in [2.24, 2.45) is 11.8 Å². The van der Waals surface area contributed by atoms with Gasteiger partial charge >= 0.3 is 0 Å². The number of nitrogens with zero attached hydrogens (tertiary/aromatic N) is 8. The molecule has 2 fully saturated rings. The average molecular weight is 1190 g/mol. The molecule has 0 saturated carbocycles. The monoisotopic (exact) mass is 1180 g/mol. The van der Waals surface area contributed by atoms with Crippen molar-refractivity contribution < 1.29 is 43.9 Å². The Morgan fingerprint density at radius 3 is 1.18 bits per heavy atom. The van der Waals surface area contributed by atoms with E-state index in [-0.39, 0.29) is 71.0 Å². The number of piperazine rings is 2. The molecule has 2 atom stereocenters. The highest BCUT2D eigenvalue weighted by atomic mass is 32.3. The molecule has 6 heterocycles. The average Bonchev–Trinajstić information content (AvgIpc) is 4.15. The summed E-state index contributed by atoms with van der Waals surface area (Å²) in [6.07, 6.45) is 6.21. The Labute approximate surface area is 469 Å². The van der Waals surface area contributed by atoms with Crippen LogP contribution < -0.4 is 18.4 Å². The van der Waals surface area contributed by atoms with E-state index in [1.807, 2.05) is 76.2 Å². The summed E-state index contributed by atoms with van der Waals surface area (Å²) in [5.74, 6) is -0.290. The zero-order chi connectivity index (χ0) is 56.8. The largest absolute Gasteiger partial charge is 0.386 e. The Balaban J connectivity index is 0.000000226. The van der Waals surface area contributed by atoms with Gasteiger partial charge in [-0.1, -0.05) is 64.1 Å². The molecule has 2 saturated heterocycles. The summed E-state index contributed by atoms with van der Waals surface area (Å²) in [7, 11) is -14.9. The van der Waals surface area contributed by atoms with Gasteiger partial charge in [-0.2, -0.15) is 8.61 Å². The van der Waals surface area contributed by atoms with Crippen LogP contribution in [0.1, 0.15) is 66.5 Å². The van der Waals surface area contributed by atoms with E-state index in [2.05, 4.69) is 19.8 Å². The minimum absolute atomic E-state index is 0.0461. The van der Waals surface area contributed by atoms with Crippen molar-refractivity contribution in [2.45, 2.75) is 87.1 Å². The fraction of sp³-hybridized carbons (Fsp3) is 0.444. The van der Waals surface area contributed by atoms with Crippen molar-refractivity contribution >= 4 is 85.5 Å². The molecule has 2 N–H and O–H groups in total. The molecule has 6 aromatic rings. The first-order chi connectivity index (χ1) is 36.6. The number of aliphatic hydroxyl groups is 2. The molecule has 2 aliphatic rings. The molecule has 0 amide bonds. The zero-order valence-corrected chi connectivity index (χ0v) is 50.2. The summed E-state index contributed by atoms with van der Waals surface area (Å²) in [6.45, 7) is 15.9. The van der Waals surface area contributed by atoms with Crippen molar-refractivity contribution in [2.75, 3.05) is 82.3 Å². The lowest BCUT2D eigenvalue weighted by molar-refractivity contribution is 0.0780. The van der Waals surface area contributed by atoms with Gasteiger partial charge in [0.25, 0.3) is 20.0 Å². The van der Waals surface area contributed by atoms with E-state index in [4.69, 9.17) is 0 Å². The molecule has 2 aliphatic heterocycles. The van der Waals surface area contributed by atoms with Gasteiger partial charge in [0.15, 0.2) is 0 Å². The maximum atomic E-state index is 13.6. The third-order valence-corrected chi connectivity index (χ3v) is 24.0. The number of aromatic nitrogens is 2. The second kappa shape index (κ2) is 24.8. The first-order valence-electron chi connectivity index (χ1n) is 25.6. The molecule has 0 bridgehead atoms. The molecule has 8 rings (SSSR count). The van der Waals surface area contributed by atoms with E-state index in [1.165, 1.54) is 52.3 Å². The van der Waals surface area contributed by atoms with Crippen LogP contribution in [0.3, 0.4) is 0 Å². The van der Waals surface area contributed by atoms with Gasteiger partial charge in [-0.25, -0.2) is 33.7 Å². The standard InChI is InChI=1S/2C27H36N4O5S3/c2*1-21(2)20-38(33,34)31(24-7-5-13-28-17-24)19-25-18-29(39(35,36)26-8-6-16-37-26)14-15-30(25)23-11-9-22(10-12-23)27(3,4)32/h2*5-13,16-17,21,25,32H,14-15,18-20H2,1-4H3/t2*25-/m11/s1. The third-order valence-electron chi connectivity index (χ3n) is 13.3. The maximum Gasteiger partial charge on any atom is 0.252 e. The molecule has 18 nitrogen and oxygen atoms in total. The quantitative estimate of drug-likeness (QED) is 0.0757. The highest BCUT2D eigenvalue weighted by molar-refractivity contribution is 7.93. The van der Waals surface area contributed by atoms with Gasteiger partial charge < -0.3 is 20.0 Å². The third kappa shape index (κ3) is 14.9. The molecule has 0 aliphatic carbocycles. The van der Waals surface area contributed by atoms with Gasteiger partial charge in [-0.3, -0.25) is 18.6 Å². The lowest BCUT2D eigenvalue weighted by atomic mass is 9.98. The van der Waals surface area contributed by atoms with Gasteiger partial charge in [0.1, 0.15) is 8.42 Å². The molecular weight excluding hydrogens is 1110 g/mol. The number of benzene rings is 2. The van der Waals surface area contributed by atoms with Gasteiger partial charge in [0, 0.05) is 63.0 Å². The number of rotatable bonds is 20. The lowest BCUT2D eigenvalue weighted by Gasteiger charge is -2.44. The summed E-state index contributed by atoms with van der Waals surface area (Å²) < 4.78 is 114. The van der Waals surface area contributed by atoms with Gasteiger partial charge in [0.05, 0.1) is 71.6 Å². The van der Waals surface area contributed by atoms with Crippen LogP contribution in [-0.4, -0.2) is 138 Å². The maximum absolute atomic E-state index is 13.6. The summed E-state index contributed by atoms with van der Waals surface area (Å²) in [6, 6.07) is 27.3. The van der Waals surface area contributed by atoms with Crippen LogP contribution in [0.2, 0.25) is 0 Å². The highest BCUT2D eigenvalue weighted by Crippen LogP contribution is 2.33. The zero-order valence-electron chi connectivity index (χ0n) is 45.3. The molecular formula is C54H72N8O10S6. The molecule has 78 heavy (non-hydrogen) atoms. The van der Waals surface area contributed by atoms with Gasteiger partial charge in [-0.15, -0.1) is 22.7 Å². The number of hydrogen-bond acceptors (Lipinski definition) is 16. The second-order valence-electron chi connectivity index (χ2n) is 21.3. The minimum Gasteiger partial charge on any atom is -0.386 e. The topological polar surface area (TPSA) is 222 Å². The van der Waals surface area contributed by atoms with E-state index in [1.54, 1.807) is 99.4 Å². The normalized spacial score (nSPS) is 17.5. The molecule has 2 aromatic carbocycles. The predicted molar refractivity (Wildman–Crippen MR) is 312 cm³/mol. The van der Waals surface area contributed by atoms with E-state index >= 15 is 0 Å². The number of pyridine rings is 2. The van der Waals surface area contributed by atoms with E-state index in [9.17, 15) is 43.9 Å². The number of hydrogen-bond donors (Lipinski definition) is 2. The van der Waals surface area contributed by atoms with Crippen LogP contribution in [0.4, 0.5) is 22.7 Å². The van der Waals surface area contributed by atoms with Crippen LogP contribution in [0.25, 0.3) is 0 Å². The molecule has 24 heteroatoms. The van der Waals surface area contributed by atoms with Crippen molar-refractivity contribution in [3.05, 3.63) is 144 Å². The van der Waals surface area contributed by atoms with Gasteiger partial charge in [-0.05, 0) is 122 Å². The summed E-state index contributed by atoms with van der Waals surface area (Å²) in [5.41, 5.74) is 2.02. The van der Waals surface area contributed by atoms with Crippen molar-refractivity contribution in [1.82, 2.24) is 18.6 Å². The Morgan fingerprint density at radius 2 is 0.897 bits per heavy atom. The highest BCUT2D eigenvalue weighted by Gasteiger charge is 2.40. The van der Waals surface area contributed by atoms with E-state index in [0.717, 1.165) is 22.5 Å². The summed E-state index contributed by atoms with van der Waals surface area (Å²) in [5, 5.41) is 24.3. The Morgan fingerprint density at radius 1 is 0.538 bits per heavy atom. The lowest BCUT2D eigenvalue weighted by Crippen LogP contribution is -2.59. The summed E-state index contributed by atoms with van der Waals surface area (Å²) >= 11 is 2.33. The molecule has 0 unspecified atom stereocenters. The van der Waals surface area contributed by atoms with Crippen LogP contribution in [0, 0.1) is 11.8 Å². The Kier molecular flexibility index (Phi) is 19.3. The Bertz CT molecular complexity index is 3100. The van der Waals surface area contributed by atoms with Crippen LogP contribution in [-0.2, 0) is 51.3 Å². The number of anilines is 4. The second-order valence-corrected chi connectivity index (χ2v) is 31.4. The van der Waals surface area contributed by atoms with E-state index < -0.39 is 63.4 Å². The van der Waals surface area contributed by atoms with E-state index in [0.29, 0.717) is 24.5 Å². The fourth-order valence-electron chi connectivity index (χ4n) is 9.45. The SMILES string of the molecule is CC(C)CS(=O)(=O)N(C[C@H]1CN(S(=O)(=O)c2cccs2)CCN1c1ccc(C(C)(C)O)cc1)c1cccnc1.CC(C)CS(=O)(=O)N(C[C@H]1CN(S(=O)(=O)c2cccs2)CCN1c1ccc(C(C)(C)O)cc1)c1cccnc1. The van der Waals surface area contributed by atoms with Crippen molar-refractivity contribution in [3.8, 4) is 0 Å². The minimum atomic E-state index is -3.73.